The van der Waals surface area contributed by atoms with Crippen molar-refractivity contribution < 1.29 is 18.0 Å². The molecule has 76 valence electrons. The minimum Gasteiger partial charge on any atom is -0.383 e. The molecular formula is C7H6F3N3O. The Hall–Kier alpha value is -1.79. The van der Waals surface area contributed by atoms with E-state index in [1.807, 2.05) is 0 Å². The average Bonchev–Trinajstić information content (AvgIpc) is 2.02. The maximum absolute atomic E-state index is 12.1. The van der Waals surface area contributed by atoms with E-state index in [0.29, 0.717) is 12.3 Å². The second-order valence-corrected chi connectivity index (χ2v) is 2.52. The normalized spacial score (nSPS) is 11.4. The molecule has 0 aliphatic rings. The molecule has 1 heterocycles. The number of alkyl halides is 3. The van der Waals surface area contributed by atoms with Crippen molar-refractivity contribution >= 4 is 11.7 Å². The fraction of sp³-hybridized carbons (Fsp3) is 0.143. The molecule has 14 heavy (non-hydrogen) atoms. The molecule has 0 bridgehead atoms. The summed E-state index contributed by atoms with van der Waals surface area (Å²) in [6.07, 6.45) is -4.02. The van der Waals surface area contributed by atoms with E-state index < -0.39 is 23.2 Å². The van der Waals surface area contributed by atoms with Crippen LogP contribution in [0.1, 0.15) is 15.9 Å². The zero-order chi connectivity index (χ0) is 10.9. The molecule has 0 aliphatic carbocycles. The molecule has 0 aromatic carbocycles. The first-order valence-corrected chi connectivity index (χ1v) is 3.45. The number of carbonyl (C=O) groups excluding carboxylic acids is 1. The van der Waals surface area contributed by atoms with E-state index in [1.165, 1.54) is 0 Å². The van der Waals surface area contributed by atoms with Crippen LogP contribution in [0.4, 0.5) is 19.0 Å². The van der Waals surface area contributed by atoms with Gasteiger partial charge in [0.1, 0.15) is 5.82 Å². The predicted octanol–water partition coefficient (Wildman–Crippen LogP) is 0.782. The number of halogens is 3. The first kappa shape index (κ1) is 10.3. The minimum atomic E-state index is -4.56. The fourth-order valence-electron chi connectivity index (χ4n) is 0.828. The summed E-state index contributed by atoms with van der Waals surface area (Å²) in [6, 6.07) is 0.574. The molecule has 0 saturated heterocycles. The lowest BCUT2D eigenvalue weighted by molar-refractivity contribution is -0.137. The molecule has 0 spiro atoms. The van der Waals surface area contributed by atoms with Gasteiger partial charge in [-0.2, -0.15) is 13.2 Å². The molecule has 0 aliphatic heterocycles. The molecule has 1 amide bonds. The topological polar surface area (TPSA) is 82.0 Å². The second-order valence-electron chi connectivity index (χ2n) is 2.52. The van der Waals surface area contributed by atoms with Crippen LogP contribution in [0.2, 0.25) is 0 Å². The Morgan fingerprint density at radius 1 is 1.43 bits per heavy atom. The van der Waals surface area contributed by atoms with Gasteiger partial charge in [-0.15, -0.1) is 0 Å². The van der Waals surface area contributed by atoms with E-state index >= 15 is 0 Å². The predicted molar refractivity (Wildman–Crippen MR) is 42.2 cm³/mol. The summed E-state index contributed by atoms with van der Waals surface area (Å²) in [4.78, 5) is 13.9. The van der Waals surface area contributed by atoms with Gasteiger partial charge in [0.25, 0.3) is 5.91 Å². The molecule has 1 rings (SSSR count). The van der Waals surface area contributed by atoms with Gasteiger partial charge in [0.2, 0.25) is 0 Å². The van der Waals surface area contributed by atoms with Crippen LogP contribution >= 0.6 is 0 Å². The third-order valence-corrected chi connectivity index (χ3v) is 1.51. The lowest BCUT2D eigenvalue weighted by Crippen LogP contribution is -2.17. The fourth-order valence-corrected chi connectivity index (χ4v) is 0.828. The van der Waals surface area contributed by atoms with Gasteiger partial charge in [-0.05, 0) is 6.07 Å². The number of hydrogen-bond acceptors (Lipinski definition) is 3. The number of amides is 1. The van der Waals surface area contributed by atoms with E-state index in [1.54, 1.807) is 0 Å². The number of nitrogens with two attached hydrogens (primary N) is 2. The molecule has 0 saturated carbocycles. The Labute approximate surface area is 76.7 Å². The first-order chi connectivity index (χ1) is 6.32. The van der Waals surface area contributed by atoms with Crippen molar-refractivity contribution in [2.75, 3.05) is 5.73 Å². The third kappa shape index (κ3) is 1.93. The van der Waals surface area contributed by atoms with Crippen molar-refractivity contribution in [1.29, 1.82) is 0 Å². The molecule has 4 nitrogen and oxygen atoms in total. The Morgan fingerprint density at radius 3 is 2.43 bits per heavy atom. The van der Waals surface area contributed by atoms with Crippen molar-refractivity contribution in [3.8, 4) is 0 Å². The number of anilines is 1. The number of rotatable bonds is 1. The Balaban J connectivity index is 3.27. The number of carbonyl (C=O) groups is 1. The maximum Gasteiger partial charge on any atom is 0.417 e. The van der Waals surface area contributed by atoms with Crippen LogP contribution in [0.5, 0.6) is 0 Å². The van der Waals surface area contributed by atoms with Crippen molar-refractivity contribution in [3.05, 3.63) is 23.4 Å². The summed E-state index contributed by atoms with van der Waals surface area (Å²) in [5, 5.41) is 0. The van der Waals surface area contributed by atoms with Crippen LogP contribution in [0.25, 0.3) is 0 Å². The van der Waals surface area contributed by atoms with Gasteiger partial charge in [0.15, 0.2) is 0 Å². The molecule has 1 aromatic rings. The van der Waals surface area contributed by atoms with E-state index in [0.717, 1.165) is 0 Å². The Bertz CT molecular complexity index is 375. The zero-order valence-electron chi connectivity index (χ0n) is 6.80. The number of pyridine rings is 1. The quantitative estimate of drug-likeness (QED) is 0.710. The number of nitrogen functional groups attached to an aromatic ring is 1. The SMILES string of the molecule is NC(=O)c1cc(C(F)(F)F)cnc1N. The van der Waals surface area contributed by atoms with Gasteiger partial charge < -0.3 is 11.5 Å². The summed E-state index contributed by atoms with van der Waals surface area (Å²) in [5.74, 6) is -1.35. The van der Waals surface area contributed by atoms with E-state index in [2.05, 4.69) is 4.98 Å². The highest BCUT2D eigenvalue weighted by Crippen LogP contribution is 2.29. The Morgan fingerprint density at radius 2 is 2.00 bits per heavy atom. The molecular weight excluding hydrogens is 199 g/mol. The van der Waals surface area contributed by atoms with E-state index in [-0.39, 0.29) is 5.82 Å². The van der Waals surface area contributed by atoms with Gasteiger partial charge in [-0.1, -0.05) is 0 Å². The Kier molecular flexibility index (Phi) is 2.33. The lowest BCUT2D eigenvalue weighted by Gasteiger charge is -2.07. The molecule has 0 radical (unpaired) electrons. The summed E-state index contributed by atoms with van der Waals surface area (Å²) >= 11 is 0. The third-order valence-electron chi connectivity index (χ3n) is 1.51. The second kappa shape index (κ2) is 3.17. The van der Waals surface area contributed by atoms with Gasteiger partial charge in [-0.25, -0.2) is 4.98 Å². The highest BCUT2D eigenvalue weighted by Gasteiger charge is 2.32. The minimum absolute atomic E-state index is 0.314. The van der Waals surface area contributed by atoms with Crippen LogP contribution < -0.4 is 11.5 Å². The first-order valence-electron chi connectivity index (χ1n) is 3.45. The van der Waals surface area contributed by atoms with Crippen LogP contribution in [0.15, 0.2) is 12.3 Å². The number of nitrogens with zero attached hydrogens (tertiary/aromatic N) is 1. The van der Waals surface area contributed by atoms with Gasteiger partial charge in [-0.3, -0.25) is 4.79 Å². The molecule has 7 heteroatoms. The smallest absolute Gasteiger partial charge is 0.383 e. The lowest BCUT2D eigenvalue weighted by atomic mass is 10.2. The maximum atomic E-state index is 12.1. The highest BCUT2D eigenvalue weighted by atomic mass is 19.4. The number of hydrogen-bond donors (Lipinski definition) is 2. The van der Waals surface area contributed by atoms with Crippen molar-refractivity contribution in [1.82, 2.24) is 4.98 Å². The van der Waals surface area contributed by atoms with Crippen LogP contribution in [0.3, 0.4) is 0 Å². The van der Waals surface area contributed by atoms with Crippen molar-refractivity contribution in [2.24, 2.45) is 5.73 Å². The molecule has 0 fully saturated rings. The van der Waals surface area contributed by atoms with Crippen LogP contribution in [0, 0.1) is 0 Å². The summed E-state index contributed by atoms with van der Waals surface area (Å²) in [5.41, 5.74) is 8.47. The largest absolute Gasteiger partial charge is 0.417 e. The van der Waals surface area contributed by atoms with E-state index in [4.69, 9.17) is 11.5 Å². The molecule has 4 N–H and O–H groups in total. The zero-order valence-corrected chi connectivity index (χ0v) is 6.80. The van der Waals surface area contributed by atoms with Gasteiger partial charge in [0, 0.05) is 6.20 Å². The number of primary amides is 1. The average molecular weight is 205 g/mol. The number of aromatic nitrogens is 1. The van der Waals surface area contributed by atoms with E-state index in [9.17, 15) is 18.0 Å². The summed E-state index contributed by atoms with van der Waals surface area (Å²) < 4.78 is 36.4. The van der Waals surface area contributed by atoms with Crippen molar-refractivity contribution in [2.45, 2.75) is 6.18 Å². The van der Waals surface area contributed by atoms with Gasteiger partial charge >= 0.3 is 6.18 Å². The summed E-state index contributed by atoms with van der Waals surface area (Å²) in [7, 11) is 0. The van der Waals surface area contributed by atoms with Crippen LogP contribution in [-0.2, 0) is 6.18 Å². The van der Waals surface area contributed by atoms with Gasteiger partial charge in [0.05, 0.1) is 11.1 Å². The monoisotopic (exact) mass is 205 g/mol. The molecule has 1 aromatic heterocycles. The molecule has 0 unspecified atom stereocenters. The van der Waals surface area contributed by atoms with Crippen molar-refractivity contribution in [3.63, 3.8) is 0 Å². The standard InChI is InChI=1S/C7H6F3N3O/c8-7(9,10)3-1-4(6(12)14)5(11)13-2-3/h1-2H,(H2,11,13)(H2,12,14). The summed E-state index contributed by atoms with van der Waals surface area (Å²) in [6.45, 7) is 0. The van der Waals surface area contributed by atoms with Crippen LogP contribution in [-0.4, -0.2) is 10.9 Å². The molecule has 0 atom stereocenters. The highest BCUT2D eigenvalue weighted by molar-refractivity contribution is 5.97.